The highest BCUT2D eigenvalue weighted by atomic mass is 19.4. The first kappa shape index (κ1) is 11.0. The molecule has 0 saturated carbocycles. The van der Waals surface area contributed by atoms with Crippen molar-refractivity contribution in [3.05, 3.63) is 11.6 Å². The summed E-state index contributed by atoms with van der Waals surface area (Å²) in [5.41, 5.74) is -3.64. The molecule has 0 spiro atoms. The topological polar surface area (TPSA) is 23.1 Å². The van der Waals surface area contributed by atoms with Gasteiger partial charge in [-0.05, 0) is 0 Å². The van der Waals surface area contributed by atoms with Crippen LogP contribution in [0, 0.1) is 0 Å². The van der Waals surface area contributed by atoms with Crippen LogP contribution in [0.4, 0.5) is 30.7 Å². The molecule has 0 rings (SSSR count). The van der Waals surface area contributed by atoms with E-state index >= 15 is 0 Å². The van der Waals surface area contributed by atoms with Crippen molar-refractivity contribution in [3.63, 3.8) is 0 Å². The molecule has 0 fully saturated rings. The monoisotopic (exact) mass is 197 g/mol. The van der Waals surface area contributed by atoms with E-state index in [-0.39, 0.29) is 0 Å². The summed E-state index contributed by atoms with van der Waals surface area (Å²) < 4.78 is 78.7. The minimum Gasteiger partial charge on any atom is -0.851 e. The number of halogens is 7. The van der Waals surface area contributed by atoms with Crippen molar-refractivity contribution in [1.29, 1.82) is 0 Å². The third-order valence-electron chi connectivity index (χ3n) is 0.763. The molecule has 0 saturated heterocycles. The molecule has 0 heterocycles. The Bertz CT molecular complexity index is 176. The Labute approximate surface area is 61.1 Å². The van der Waals surface area contributed by atoms with E-state index in [1.807, 2.05) is 0 Å². The number of rotatable bonds is 0. The van der Waals surface area contributed by atoms with Gasteiger partial charge in [-0.25, -0.2) is 4.39 Å². The molecule has 0 radical (unpaired) electrons. The summed E-state index contributed by atoms with van der Waals surface area (Å²) in [6, 6.07) is -3.53. The summed E-state index contributed by atoms with van der Waals surface area (Å²) in [5, 5.41) is 9.29. The van der Waals surface area contributed by atoms with Gasteiger partial charge in [-0.1, -0.05) is 0 Å². The molecular weight excluding hydrogens is 197 g/mol. The van der Waals surface area contributed by atoms with Crippen LogP contribution in [0.5, 0.6) is 0 Å². The maximum atomic E-state index is 11.2. The minimum absolute atomic E-state index is 3.53. The molecule has 0 N–H and O–H groups in total. The average Bonchev–Trinajstić information content (AvgIpc) is 1.49. The normalized spacial score (nSPS) is 12.9. The van der Waals surface area contributed by atoms with Crippen LogP contribution in [0.25, 0.3) is 0 Å². The summed E-state index contributed by atoms with van der Waals surface area (Å²) >= 11 is 0. The van der Waals surface area contributed by atoms with Gasteiger partial charge in [0.1, 0.15) is 0 Å². The van der Waals surface area contributed by atoms with Gasteiger partial charge in [-0.2, -0.15) is 26.3 Å². The predicted molar refractivity (Wildman–Crippen MR) is 20.2 cm³/mol. The molecule has 8 heteroatoms. The summed E-state index contributed by atoms with van der Waals surface area (Å²) in [6.45, 7) is 0. The van der Waals surface area contributed by atoms with Gasteiger partial charge >= 0.3 is 12.4 Å². The zero-order chi connectivity index (χ0) is 10.2. The van der Waals surface area contributed by atoms with Crippen LogP contribution in [0.2, 0.25) is 0 Å². The van der Waals surface area contributed by atoms with Crippen molar-refractivity contribution in [3.8, 4) is 0 Å². The summed E-state index contributed by atoms with van der Waals surface area (Å²) in [5.74, 6) is 0. The lowest BCUT2D eigenvalue weighted by Gasteiger charge is -2.17. The van der Waals surface area contributed by atoms with Crippen LogP contribution >= 0.6 is 0 Å². The van der Waals surface area contributed by atoms with Gasteiger partial charge in [0.05, 0.1) is 6.01 Å². The van der Waals surface area contributed by atoms with Gasteiger partial charge in [-0.15, -0.1) is 0 Å². The van der Waals surface area contributed by atoms with E-state index in [9.17, 15) is 35.8 Å². The molecule has 0 unspecified atom stereocenters. The molecule has 0 aliphatic rings. The molecule has 0 bridgehead atoms. The standard InChI is InChI=1S/C4HF7O/c5-2(12)1(3(6,7)8)4(9,10)11/h12H/p-1. The van der Waals surface area contributed by atoms with E-state index in [1.165, 1.54) is 0 Å². The maximum Gasteiger partial charge on any atom is 0.422 e. The molecule has 0 aromatic rings. The first-order chi connectivity index (χ1) is 5.07. The lowest BCUT2D eigenvalue weighted by atomic mass is 10.3. The van der Waals surface area contributed by atoms with Gasteiger partial charge in [0, 0.05) is 0 Å². The van der Waals surface area contributed by atoms with Crippen LogP contribution < -0.4 is 5.11 Å². The molecule has 0 aromatic carbocycles. The summed E-state index contributed by atoms with van der Waals surface area (Å²) in [6.07, 6.45) is -12.0. The van der Waals surface area contributed by atoms with E-state index in [0.29, 0.717) is 0 Å². The second kappa shape index (κ2) is 2.83. The van der Waals surface area contributed by atoms with Crippen molar-refractivity contribution in [1.82, 2.24) is 0 Å². The largest absolute Gasteiger partial charge is 0.851 e. The van der Waals surface area contributed by atoms with Crippen molar-refractivity contribution in [2.24, 2.45) is 0 Å². The second-order valence-corrected chi connectivity index (χ2v) is 1.64. The highest BCUT2D eigenvalue weighted by Gasteiger charge is 2.51. The molecule has 0 atom stereocenters. The fourth-order valence-electron chi connectivity index (χ4n) is 0.384. The third-order valence-corrected chi connectivity index (χ3v) is 0.763. The highest BCUT2D eigenvalue weighted by molar-refractivity contribution is 5.14. The van der Waals surface area contributed by atoms with Crippen LogP contribution in [-0.2, 0) is 0 Å². The van der Waals surface area contributed by atoms with Gasteiger partial charge in [-0.3, -0.25) is 0 Å². The van der Waals surface area contributed by atoms with Gasteiger partial charge < -0.3 is 5.11 Å². The minimum atomic E-state index is -6.01. The Morgan fingerprint density at radius 2 is 1.08 bits per heavy atom. The number of allylic oxidation sites excluding steroid dienone is 1. The Hall–Kier alpha value is -0.950. The Balaban J connectivity index is 5.13. The Morgan fingerprint density at radius 3 is 1.08 bits per heavy atom. The molecule has 72 valence electrons. The van der Waals surface area contributed by atoms with Gasteiger partial charge in [0.25, 0.3) is 0 Å². The smallest absolute Gasteiger partial charge is 0.422 e. The van der Waals surface area contributed by atoms with Gasteiger partial charge in [0.2, 0.25) is 0 Å². The molecular formula is C4F7O-. The molecule has 0 aromatic heterocycles. The Morgan fingerprint density at radius 1 is 0.833 bits per heavy atom. The molecule has 0 aliphatic carbocycles. The zero-order valence-electron chi connectivity index (χ0n) is 5.05. The predicted octanol–water partition coefficient (Wildman–Crippen LogP) is 1.65. The average molecular weight is 197 g/mol. The number of hydrogen-bond donors (Lipinski definition) is 0. The van der Waals surface area contributed by atoms with Crippen LogP contribution in [-0.4, -0.2) is 12.4 Å². The van der Waals surface area contributed by atoms with Crippen molar-refractivity contribution in [2.45, 2.75) is 12.4 Å². The van der Waals surface area contributed by atoms with E-state index in [1.54, 1.807) is 0 Å². The van der Waals surface area contributed by atoms with E-state index in [4.69, 9.17) is 0 Å². The summed E-state index contributed by atoms with van der Waals surface area (Å²) in [4.78, 5) is 0. The van der Waals surface area contributed by atoms with Crippen molar-refractivity contribution >= 4 is 0 Å². The molecule has 0 aliphatic heterocycles. The quantitative estimate of drug-likeness (QED) is 0.427. The zero-order valence-corrected chi connectivity index (χ0v) is 5.05. The second-order valence-electron chi connectivity index (χ2n) is 1.64. The fraction of sp³-hybridized carbons (Fsp3) is 0.500. The lowest BCUT2D eigenvalue weighted by molar-refractivity contribution is -0.343. The molecule has 0 amide bonds. The van der Waals surface area contributed by atoms with Crippen molar-refractivity contribution in [2.75, 3.05) is 0 Å². The van der Waals surface area contributed by atoms with Gasteiger partial charge in [0.15, 0.2) is 5.57 Å². The summed E-state index contributed by atoms with van der Waals surface area (Å²) in [7, 11) is 0. The van der Waals surface area contributed by atoms with Crippen molar-refractivity contribution < 1.29 is 35.8 Å². The first-order valence-corrected chi connectivity index (χ1v) is 2.28. The van der Waals surface area contributed by atoms with Crippen LogP contribution in [0.15, 0.2) is 11.6 Å². The van der Waals surface area contributed by atoms with E-state index in [2.05, 4.69) is 0 Å². The molecule has 1 nitrogen and oxygen atoms in total. The Kier molecular flexibility index (Phi) is 2.61. The third kappa shape index (κ3) is 2.59. The lowest BCUT2D eigenvalue weighted by Crippen LogP contribution is -2.29. The highest BCUT2D eigenvalue weighted by Crippen LogP contribution is 2.39. The molecule has 12 heavy (non-hydrogen) atoms. The first-order valence-electron chi connectivity index (χ1n) is 2.28. The van der Waals surface area contributed by atoms with E-state index < -0.39 is 23.9 Å². The maximum absolute atomic E-state index is 11.2. The SMILES string of the molecule is [O-]C(F)=C(C(F)(F)F)C(F)(F)F. The fourth-order valence-corrected chi connectivity index (χ4v) is 0.384. The van der Waals surface area contributed by atoms with E-state index in [0.717, 1.165) is 0 Å². The number of alkyl halides is 6. The number of hydrogen-bond acceptors (Lipinski definition) is 1. The van der Waals surface area contributed by atoms with Crippen LogP contribution in [0.3, 0.4) is 0 Å². The van der Waals surface area contributed by atoms with Crippen LogP contribution in [0.1, 0.15) is 0 Å².